The lowest BCUT2D eigenvalue weighted by atomic mass is 10.1. The van der Waals surface area contributed by atoms with Gasteiger partial charge < -0.3 is 9.73 Å². The number of aromatic nitrogens is 3. The largest absolute Gasteiger partial charge is 0.467 e. The van der Waals surface area contributed by atoms with Gasteiger partial charge in [-0.3, -0.25) is 9.89 Å². The summed E-state index contributed by atoms with van der Waals surface area (Å²) in [5.74, 6) is 1.60. The molecule has 24 heavy (non-hydrogen) atoms. The van der Waals surface area contributed by atoms with E-state index in [0.29, 0.717) is 17.5 Å². The Labute approximate surface area is 144 Å². The van der Waals surface area contributed by atoms with Gasteiger partial charge in [0.05, 0.1) is 18.6 Å². The van der Waals surface area contributed by atoms with Crippen molar-refractivity contribution in [2.75, 3.05) is 5.75 Å². The van der Waals surface area contributed by atoms with Crippen LogP contribution in [-0.2, 0) is 17.8 Å². The molecular formula is C17H18N4O2S. The molecular weight excluding hydrogens is 324 g/mol. The van der Waals surface area contributed by atoms with Crippen molar-refractivity contribution >= 4 is 17.7 Å². The Bertz CT molecular complexity index is 781. The maximum Gasteiger partial charge on any atom is 0.230 e. The number of aryl methyl sites for hydroxylation is 1. The summed E-state index contributed by atoms with van der Waals surface area (Å²) >= 11 is 1.29. The molecule has 0 atom stereocenters. The highest BCUT2D eigenvalue weighted by Gasteiger charge is 2.09. The molecule has 0 saturated heterocycles. The molecule has 1 aromatic carbocycles. The zero-order valence-corrected chi connectivity index (χ0v) is 14.1. The van der Waals surface area contributed by atoms with Crippen LogP contribution < -0.4 is 5.32 Å². The number of thioether (sulfide) groups is 1. The van der Waals surface area contributed by atoms with Crippen molar-refractivity contribution in [3.8, 4) is 11.4 Å². The molecule has 7 heteroatoms. The van der Waals surface area contributed by atoms with Gasteiger partial charge in [-0.25, -0.2) is 4.98 Å². The molecule has 0 bridgehead atoms. The number of furan rings is 1. The van der Waals surface area contributed by atoms with Gasteiger partial charge in [-0.1, -0.05) is 43.0 Å². The van der Waals surface area contributed by atoms with Crippen molar-refractivity contribution in [2.45, 2.75) is 25.0 Å². The van der Waals surface area contributed by atoms with E-state index in [4.69, 9.17) is 4.42 Å². The summed E-state index contributed by atoms with van der Waals surface area (Å²) in [7, 11) is 0. The van der Waals surface area contributed by atoms with Gasteiger partial charge in [-0.2, -0.15) is 0 Å². The molecule has 0 aliphatic heterocycles. The quantitative estimate of drug-likeness (QED) is 0.645. The fraction of sp³-hybridized carbons (Fsp3) is 0.235. The minimum Gasteiger partial charge on any atom is -0.467 e. The van der Waals surface area contributed by atoms with Gasteiger partial charge in [-0.05, 0) is 24.1 Å². The predicted octanol–water partition coefficient (Wildman–Crippen LogP) is 3.04. The van der Waals surface area contributed by atoms with Gasteiger partial charge in [0, 0.05) is 5.56 Å². The maximum atomic E-state index is 11.8. The first-order valence-electron chi connectivity index (χ1n) is 7.68. The van der Waals surface area contributed by atoms with Crippen molar-refractivity contribution in [1.29, 1.82) is 0 Å². The van der Waals surface area contributed by atoms with Crippen LogP contribution in [0.3, 0.4) is 0 Å². The Morgan fingerprint density at radius 3 is 2.83 bits per heavy atom. The van der Waals surface area contributed by atoms with Crippen molar-refractivity contribution < 1.29 is 9.21 Å². The number of H-pyrrole nitrogens is 1. The summed E-state index contributed by atoms with van der Waals surface area (Å²) < 4.78 is 5.16. The Morgan fingerprint density at radius 2 is 2.12 bits per heavy atom. The second-order valence-corrected chi connectivity index (χ2v) is 6.10. The van der Waals surface area contributed by atoms with Gasteiger partial charge in [0.15, 0.2) is 5.82 Å². The zero-order valence-electron chi connectivity index (χ0n) is 13.3. The van der Waals surface area contributed by atoms with E-state index < -0.39 is 0 Å². The number of nitrogens with zero attached hydrogens (tertiary/aromatic N) is 2. The third kappa shape index (κ3) is 4.26. The van der Waals surface area contributed by atoms with Crippen LogP contribution in [0.2, 0.25) is 0 Å². The number of aromatic amines is 1. The number of benzene rings is 1. The number of carbonyl (C=O) groups is 1. The highest BCUT2D eigenvalue weighted by molar-refractivity contribution is 7.99. The van der Waals surface area contributed by atoms with Crippen LogP contribution in [0.25, 0.3) is 11.4 Å². The van der Waals surface area contributed by atoms with E-state index in [9.17, 15) is 4.79 Å². The molecule has 0 unspecified atom stereocenters. The summed E-state index contributed by atoms with van der Waals surface area (Å²) in [6, 6.07) is 11.8. The summed E-state index contributed by atoms with van der Waals surface area (Å²) in [5.41, 5.74) is 2.26. The van der Waals surface area contributed by atoms with Crippen LogP contribution in [0.1, 0.15) is 18.2 Å². The number of nitrogens with one attached hydrogen (secondary N) is 2. The van der Waals surface area contributed by atoms with Gasteiger partial charge >= 0.3 is 0 Å². The third-order valence-electron chi connectivity index (χ3n) is 3.47. The molecule has 0 saturated carbocycles. The number of rotatable bonds is 7. The van der Waals surface area contributed by atoms with E-state index in [1.165, 1.54) is 17.3 Å². The van der Waals surface area contributed by atoms with E-state index in [1.807, 2.05) is 18.2 Å². The smallest absolute Gasteiger partial charge is 0.230 e. The van der Waals surface area contributed by atoms with Crippen LogP contribution >= 0.6 is 11.8 Å². The maximum absolute atomic E-state index is 11.8. The van der Waals surface area contributed by atoms with Crippen LogP contribution in [0, 0.1) is 0 Å². The average Bonchev–Trinajstić information content (AvgIpc) is 3.30. The lowest BCUT2D eigenvalue weighted by Crippen LogP contribution is -2.24. The molecule has 124 valence electrons. The zero-order chi connectivity index (χ0) is 16.8. The Hall–Kier alpha value is -2.54. The number of amides is 1. The van der Waals surface area contributed by atoms with Crippen LogP contribution in [0.15, 0.2) is 52.2 Å². The summed E-state index contributed by atoms with van der Waals surface area (Å²) in [5, 5.41) is 10.4. The van der Waals surface area contributed by atoms with Gasteiger partial charge in [0.2, 0.25) is 11.1 Å². The molecule has 3 aromatic rings. The first-order chi connectivity index (χ1) is 11.7. The number of carbonyl (C=O) groups excluding carboxylic acids is 1. The van der Waals surface area contributed by atoms with Crippen LogP contribution in [0.5, 0.6) is 0 Å². The molecule has 0 fully saturated rings. The molecule has 0 aliphatic rings. The fourth-order valence-corrected chi connectivity index (χ4v) is 2.75. The first kappa shape index (κ1) is 16.3. The molecule has 2 heterocycles. The molecule has 0 spiro atoms. The second-order valence-electron chi connectivity index (χ2n) is 5.16. The second kappa shape index (κ2) is 7.83. The van der Waals surface area contributed by atoms with E-state index in [-0.39, 0.29) is 11.7 Å². The molecule has 0 aliphatic carbocycles. The van der Waals surface area contributed by atoms with Crippen molar-refractivity contribution in [2.24, 2.45) is 0 Å². The normalized spacial score (nSPS) is 10.7. The lowest BCUT2D eigenvalue weighted by molar-refractivity contribution is -0.118. The van der Waals surface area contributed by atoms with Gasteiger partial charge in [0.1, 0.15) is 5.76 Å². The standard InChI is InChI=1S/C17H18N4O2S/c1-2-12-5-7-13(8-6-12)16-19-17(21-20-16)24-11-15(22)18-10-14-4-3-9-23-14/h3-9H,2,10-11H2,1H3,(H,18,22)(H,19,20,21). The SMILES string of the molecule is CCc1ccc(-c2nc(SCC(=O)NCc3ccco3)n[nH]2)cc1. The highest BCUT2D eigenvalue weighted by atomic mass is 32.2. The molecule has 2 N–H and O–H groups in total. The topological polar surface area (TPSA) is 83.8 Å². The molecule has 6 nitrogen and oxygen atoms in total. The minimum absolute atomic E-state index is 0.0879. The monoisotopic (exact) mass is 342 g/mol. The first-order valence-corrected chi connectivity index (χ1v) is 8.66. The number of hydrogen-bond acceptors (Lipinski definition) is 5. The molecule has 2 aromatic heterocycles. The molecule has 0 radical (unpaired) electrons. The lowest BCUT2D eigenvalue weighted by Gasteiger charge is -2.01. The number of hydrogen-bond donors (Lipinski definition) is 2. The van der Waals surface area contributed by atoms with Gasteiger partial charge in [-0.15, -0.1) is 5.10 Å². The summed E-state index contributed by atoms with van der Waals surface area (Å²) in [6.45, 7) is 2.50. The average molecular weight is 342 g/mol. The van der Waals surface area contributed by atoms with Crippen molar-refractivity contribution in [3.63, 3.8) is 0 Å². The Balaban J connectivity index is 1.51. The van der Waals surface area contributed by atoms with Gasteiger partial charge in [0.25, 0.3) is 0 Å². The van der Waals surface area contributed by atoms with Crippen molar-refractivity contribution in [1.82, 2.24) is 20.5 Å². The van der Waals surface area contributed by atoms with E-state index >= 15 is 0 Å². The molecule has 1 amide bonds. The Kier molecular flexibility index (Phi) is 5.32. The summed E-state index contributed by atoms with van der Waals surface area (Å²) in [4.78, 5) is 16.2. The van der Waals surface area contributed by atoms with Crippen LogP contribution in [-0.4, -0.2) is 26.8 Å². The fourth-order valence-electron chi connectivity index (χ4n) is 2.12. The van der Waals surface area contributed by atoms with E-state index in [0.717, 1.165) is 17.7 Å². The third-order valence-corrected chi connectivity index (χ3v) is 4.32. The highest BCUT2D eigenvalue weighted by Crippen LogP contribution is 2.19. The predicted molar refractivity (Wildman–Crippen MR) is 92.5 cm³/mol. The molecule has 3 rings (SSSR count). The van der Waals surface area contributed by atoms with E-state index in [1.54, 1.807) is 12.3 Å². The summed E-state index contributed by atoms with van der Waals surface area (Å²) in [6.07, 6.45) is 2.59. The van der Waals surface area contributed by atoms with Crippen molar-refractivity contribution in [3.05, 3.63) is 54.0 Å². The van der Waals surface area contributed by atoms with E-state index in [2.05, 4.69) is 39.6 Å². The minimum atomic E-state index is -0.0879. The van der Waals surface area contributed by atoms with Crippen LogP contribution in [0.4, 0.5) is 0 Å². The Morgan fingerprint density at radius 1 is 1.29 bits per heavy atom.